The summed E-state index contributed by atoms with van der Waals surface area (Å²) < 4.78 is 5.29. The molecule has 1 atom stereocenters. The van der Waals surface area contributed by atoms with Gasteiger partial charge in [0.15, 0.2) is 0 Å². The molecule has 3 aromatic rings. The molecule has 0 N–H and O–H groups in total. The number of hydrogen-bond donors (Lipinski definition) is 0. The molecule has 140 valence electrons. The molecule has 0 bridgehead atoms. The zero-order valence-electron chi connectivity index (χ0n) is 16.3. The van der Waals surface area contributed by atoms with Gasteiger partial charge in [-0.15, -0.1) is 0 Å². The summed E-state index contributed by atoms with van der Waals surface area (Å²) in [4.78, 5) is 15.0. The van der Waals surface area contributed by atoms with E-state index in [9.17, 15) is 4.79 Å². The molecule has 3 nitrogen and oxygen atoms in total. The minimum absolute atomic E-state index is 0.160. The molecule has 0 aromatic heterocycles. The molecule has 0 heterocycles. The molecule has 0 radical (unpaired) electrons. The summed E-state index contributed by atoms with van der Waals surface area (Å²) in [6.45, 7) is 5.51. The largest absolute Gasteiger partial charge is 0.497 e. The van der Waals surface area contributed by atoms with Crippen molar-refractivity contribution in [2.45, 2.75) is 26.2 Å². The third-order valence-corrected chi connectivity index (χ3v) is 5.15. The summed E-state index contributed by atoms with van der Waals surface area (Å²) >= 11 is 0. The monoisotopic (exact) mass is 361 g/mol. The van der Waals surface area contributed by atoms with Gasteiger partial charge in [-0.05, 0) is 54.3 Å². The molecule has 0 aliphatic heterocycles. The van der Waals surface area contributed by atoms with Crippen LogP contribution in [0.15, 0.2) is 66.7 Å². The van der Waals surface area contributed by atoms with Gasteiger partial charge in [0.25, 0.3) is 0 Å². The van der Waals surface area contributed by atoms with E-state index in [4.69, 9.17) is 4.74 Å². The molecule has 1 amide bonds. The third-order valence-electron chi connectivity index (χ3n) is 5.15. The molecule has 0 saturated heterocycles. The number of rotatable bonds is 7. The van der Waals surface area contributed by atoms with Gasteiger partial charge in [-0.2, -0.15) is 0 Å². The maximum absolute atomic E-state index is 13.0. The number of nitrogens with zero attached hydrogens (tertiary/aromatic N) is 1. The van der Waals surface area contributed by atoms with Gasteiger partial charge in [-0.25, -0.2) is 0 Å². The van der Waals surface area contributed by atoms with Crippen LogP contribution >= 0.6 is 0 Å². The average Bonchev–Trinajstić information content (AvgIpc) is 2.73. The second kappa shape index (κ2) is 8.72. The fourth-order valence-corrected chi connectivity index (χ4v) is 3.39. The van der Waals surface area contributed by atoms with Crippen LogP contribution in [0.2, 0.25) is 0 Å². The molecular formula is C24H27NO2. The number of methoxy groups -OCH3 is 1. The molecule has 3 rings (SSSR count). The maximum Gasteiger partial charge on any atom is 0.229 e. The van der Waals surface area contributed by atoms with Crippen molar-refractivity contribution in [3.63, 3.8) is 0 Å². The maximum atomic E-state index is 13.0. The van der Waals surface area contributed by atoms with Crippen molar-refractivity contribution >= 4 is 16.7 Å². The first-order valence-electron chi connectivity index (χ1n) is 9.52. The second-order valence-electron chi connectivity index (χ2n) is 6.85. The molecule has 0 fully saturated rings. The van der Waals surface area contributed by atoms with Crippen LogP contribution in [0.5, 0.6) is 5.75 Å². The van der Waals surface area contributed by atoms with Crippen molar-refractivity contribution in [1.29, 1.82) is 0 Å². The summed E-state index contributed by atoms with van der Waals surface area (Å²) in [5, 5.41) is 2.24. The predicted octanol–water partition coefficient (Wildman–Crippen LogP) is 5.04. The second-order valence-corrected chi connectivity index (χ2v) is 6.85. The van der Waals surface area contributed by atoms with E-state index in [0.29, 0.717) is 0 Å². The van der Waals surface area contributed by atoms with Gasteiger partial charge >= 0.3 is 0 Å². The lowest BCUT2D eigenvalue weighted by Crippen LogP contribution is -2.35. The first-order valence-corrected chi connectivity index (χ1v) is 9.52. The summed E-state index contributed by atoms with van der Waals surface area (Å²) in [6, 6.07) is 22.6. The Morgan fingerprint density at radius 1 is 1.00 bits per heavy atom. The van der Waals surface area contributed by atoms with Crippen molar-refractivity contribution in [2.75, 3.05) is 20.2 Å². The number of carbonyl (C=O) groups is 1. The molecular weight excluding hydrogens is 334 g/mol. The molecule has 0 aliphatic rings. The van der Waals surface area contributed by atoms with Crippen LogP contribution in [0, 0.1) is 0 Å². The van der Waals surface area contributed by atoms with Gasteiger partial charge in [-0.1, -0.05) is 54.6 Å². The number of fused-ring (bicyclic) bond motifs is 1. The summed E-state index contributed by atoms with van der Waals surface area (Å²) in [7, 11) is 1.67. The Morgan fingerprint density at radius 2 is 1.70 bits per heavy atom. The number of benzene rings is 3. The number of likely N-dealkylation sites (N-methyl/N-ethyl adjacent to an activating group) is 1. The normalized spacial score (nSPS) is 12.0. The number of carbonyl (C=O) groups excluding carboxylic acids is 1. The van der Waals surface area contributed by atoms with Gasteiger partial charge in [0.05, 0.1) is 13.0 Å². The molecule has 27 heavy (non-hydrogen) atoms. The van der Waals surface area contributed by atoms with E-state index in [0.717, 1.165) is 41.6 Å². The Bertz CT molecular complexity index is 905. The zero-order chi connectivity index (χ0) is 19.2. The average molecular weight is 361 g/mol. The van der Waals surface area contributed by atoms with E-state index in [1.54, 1.807) is 7.11 Å². The quantitative estimate of drug-likeness (QED) is 0.590. The van der Waals surface area contributed by atoms with Gasteiger partial charge in [0, 0.05) is 13.1 Å². The zero-order valence-corrected chi connectivity index (χ0v) is 16.3. The Kier molecular flexibility index (Phi) is 6.12. The third kappa shape index (κ3) is 4.48. The molecule has 0 unspecified atom stereocenters. The predicted molar refractivity (Wildman–Crippen MR) is 111 cm³/mol. The van der Waals surface area contributed by atoms with Crippen molar-refractivity contribution in [3.05, 3.63) is 77.9 Å². The Labute approximate surface area is 161 Å². The Balaban J connectivity index is 1.73. The number of hydrogen-bond acceptors (Lipinski definition) is 2. The first kappa shape index (κ1) is 19.0. The van der Waals surface area contributed by atoms with E-state index >= 15 is 0 Å². The standard InChI is InChI=1S/C24H27NO2/c1-4-25(15-14-19-8-6-5-7-9-19)24(26)18(2)20-10-11-22-17-23(27-3)13-12-21(22)16-20/h5-13,16-18H,4,14-15H2,1-3H3/t18-/m0/s1. The van der Waals surface area contributed by atoms with Crippen LogP contribution < -0.4 is 4.74 Å². The highest BCUT2D eigenvalue weighted by atomic mass is 16.5. The van der Waals surface area contributed by atoms with Crippen molar-refractivity contribution in [2.24, 2.45) is 0 Å². The highest BCUT2D eigenvalue weighted by Gasteiger charge is 2.21. The Morgan fingerprint density at radius 3 is 2.41 bits per heavy atom. The fraction of sp³-hybridized carbons (Fsp3) is 0.292. The summed E-state index contributed by atoms with van der Waals surface area (Å²) in [5.41, 5.74) is 2.31. The van der Waals surface area contributed by atoms with Crippen molar-refractivity contribution in [3.8, 4) is 5.75 Å². The topological polar surface area (TPSA) is 29.5 Å². The highest BCUT2D eigenvalue weighted by molar-refractivity contribution is 5.88. The van der Waals surface area contributed by atoms with E-state index < -0.39 is 0 Å². The van der Waals surface area contributed by atoms with Crippen LogP contribution in [0.3, 0.4) is 0 Å². The molecule has 0 aliphatic carbocycles. The van der Waals surface area contributed by atoms with E-state index in [-0.39, 0.29) is 11.8 Å². The lowest BCUT2D eigenvalue weighted by atomic mass is 9.96. The first-order chi connectivity index (χ1) is 13.1. The highest BCUT2D eigenvalue weighted by Crippen LogP contribution is 2.26. The minimum Gasteiger partial charge on any atom is -0.497 e. The van der Waals surface area contributed by atoms with Gasteiger partial charge in [0.2, 0.25) is 5.91 Å². The van der Waals surface area contributed by atoms with Crippen LogP contribution in [-0.2, 0) is 11.2 Å². The Hall–Kier alpha value is -2.81. The van der Waals surface area contributed by atoms with Gasteiger partial charge in [-0.3, -0.25) is 4.79 Å². The van der Waals surface area contributed by atoms with Crippen LogP contribution in [0.4, 0.5) is 0 Å². The van der Waals surface area contributed by atoms with Crippen molar-refractivity contribution in [1.82, 2.24) is 4.90 Å². The minimum atomic E-state index is -0.160. The number of amides is 1. The van der Waals surface area contributed by atoms with Crippen molar-refractivity contribution < 1.29 is 9.53 Å². The molecule has 0 spiro atoms. The SMILES string of the molecule is CCN(CCc1ccccc1)C(=O)[C@@H](C)c1ccc2cc(OC)ccc2c1. The molecule has 3 aromatic carbocycles. The van der Waals surface area contributed by atoms with Crippen LogP contribution in [-0.4, -0.2) is 31.0 Å². The fourth-order valence-electron chi connectivity index (χ4n) is 3.39. The van der Waals surface area contributed by atoms with E-state index in [1.807, 2.05) is 55.1 Å². The van der Waals surface area contributed by atoms with Crippen LogP contribution in [0.1, 0.15) is 30.9 Å². The van der Waals surface area contributed by atoms with Crippen LogP contribution in [0.25, 0.3) is 10.8 Å². The molecule has 0 saturated carbocycles. The van der Waals surface area contributed by atoms with E-state index in [2.05, 4.69) is 30.3 Å². The summed E-state index contributed by atoms with van der Waals surface area (Å²) in [6.07, 6.45) is 0.880. The lowest BCUT2D eigenvalue weighted by Gasteiger charge is -2.25. The number of ether oxygens (including phenoxy) is 1. The van der Waals surface area contributed by atoms with Gasteiger partial charge < -0.3 is 9.64 Å². The van der Waals surface area contributed by atoms with E-state index in [1.165, 1.54) is 5.56 Å². The summed E-state index contributed by atoms with van der Waals surface area (Å²) in [5.74, 6) is 0.867. The smallest absolute Gasteiger partial charge is 0.229 e. The molecule has 3 heteroatoms. The lowest BCUT2D eigenvalue weighted by molar-refractivity contribution is -0.132. The van der Waals surface area contributed by atoms with Gasteiger partial charge in [0.1, 0.15) is 5.75 Å².